The van der Waals surface area contributed by atoms with Crippen LogP contribution in [0.25, 0.3) is 0 Å². The van der Waals surface area contributed by atoms with Gasteiger partial charge < -0.3 is 5.73 Å². The molecule has 0 unspecified atom stereocenters. The second-order valence-corrected chi connectivity index (χ2v) is 2.47. The normalized spacial score (nSPS) is 9.55. The minimum Gasteiger partial charge on any atom is -0.366 e. The molecule has 0 aromatic heterocycles. The maximum Gasteiger partial charge on any atom is 0.248 e. The molecule has 0 atom stereocenters. The Labute approximate surface area is 70.0 Å². The lowest BCUT2D eigenvalue weighted by Gasteiger charge is -1.96. The number of nitrogens with two attached hydrogens (primary N) is 1. The predicted octanol–water partition coefficient (Wildman–Crippen LogP) is 1.52. The first-order chi connectivity index (χ1) is 5.24. The van der Waals surface area contributed by atoms with E-state index in [4.69, 9.17) is 17.3 Å². The number of carbonyl (C=O) groups excluding carboxylic acids is 1. The van der Waals surface area contributed by atoms with Crippen molar-refractivity contribution in [1.82, 2.24) is 0 Å². The second-order valence-electron chi connectivity index (χ2n) is 2.20. The molecule has 1 amide bonds. The Hall–Kier alpha value is -1.02. The highest BCUT2D eigenvalue weighted by molar-refractivity contribution is 6.17. The topological polar surface area (TPSA) is 43.1 Å². The average Bonchev–Trinajstić information content (AvgIpc) is 2.05. The van der Waals surface area contributed by atoms with E-state index in [1.54, 1.807) is 18.2 Å². The van der Waals surface area contributed by atoms with Gasteiger partial charge in [0.05, 0.1) is 0 Å². The van der Waals surface area contributed by atoms with Crippen LogP contribution >= 0.6 is 11.6 Å². The van der Waals surface area contributed by atoms with Crippen LogP contribution in [0, 0.1) is 0 Å². The highest BCUT2D eigenvalue weighted by Crippen LogP contribution is 2.06. The van der Waals surface area contributed by atoms with Crippen LogP contribution in [0.15, 0.2) is 24.3 Å². The summed E-state index contributed by atoms with van der Waals surface area (Å²) in [5.41, 5.74) is 6.46. The van der Waals surface area contributed by atoms with Crippen LogP contribution in [0.1, 0.15) is 15.9 Å². The first kappa shape index (κ1) is 8.08. The Morgan fingerprint density at radius 1 is 1.55 bits per heavy atom. The number of hydrogen-bond acceptors (Lipinski definition) is 1. The molecule has 0 saturated carbocycles. The van der Waals surface area contributed by atoms with Crippen LogP contribution in [-0.2, 0) is 5.88 Å². The number of rotatable bonds is 2. The lowest BCUT2D eigenvalue weighted by molar-refractivity contribution is 0.1000. The maximum absolute atomic E-state index is 10.6. The van der Waals surface area contributed by atoms with Crippen molar-refractivity contribution < 1.29 is 4.79 Å². The van der Waals surface area contributed by atoms with Gasteiger partial charge in [-0.1, -0.05) is 12.1 Å². The molecule has 0 fully saturated rings. The van der Waals surface area contributed by atoms with Crippen molar-refractivity contribution in [3.05, 3.63) is 35.4 Å². The summed E-state index contributed by atoms with van der Waals surface area (Å²) in [4.78, 5) is 10.6. The van der Waals surface area contributed by atoms with E-state index in [1.807, 2.05) is 6.07 Å². The van der Waals surface area contributed by atoms with E-state index in [1.165, 1.54) is 0 Å². The van der Waals surface area contributed by atoms with Crippen molar-refractivity contribution in [3.63, 3.8) is 0 Å². The zero-order valence-electron chi connectivity index (χ0n) is 5.88. The second kappa shape index (κ2) is 3.39. The number of alkyl halides is 1. The molecule has 58 valence electrons. The molecule has 2 N–H and O–H groups in total. The average molecular weight is 170 g/mol. The molecule has 11 heavy (non-hydrogen) atoms. The molecule has 1 rings (SSSR count). The zero-order chi connectivity index (χ0) is 8.27. The zero-order valence-corrected chi connectivity index (χ0v) is 6.64. The Kier molecular flexibility index (Phi) is 2.49. The number of primary amides is 1. The monoisotopic (exact) mass is 169 g/mol. The van der Waals surface area contributed by atoms with Gasteiger partial charge in [0.15, 0.2) is 0 Å². The number of halogens is 1. The third kappa shape index (κ3) is 1.95. The van der Waals surface area contributed by atoms with E-state index in [-0.39, 0.29) is 0 Å². The van der Waals surface area contributed by atoms with Crippen LogP contribution < -0.4 is 5.73 Å². The molecular formula is C8H8ClNO. The molecule has 0 radical (unpaired) electrons. The predicted molar refractivity (Wildman–Crippen MR) is 44.5 cm³/mol. The molecule has 0 aliphatic heterocycles. The van der Waals surface area contributed by atoms with Gasteiger partial charge in [-0.25, -0.2) is 0 Å². The van der Waals surface area contributed by atoms with E-state index < -0.39 is 5.91 Å². The molecule has 0 aliphatic carbocycles. The summed E-state index contributed by atoms with van der Waals surface area (Å²) in [6, 6.07) is 6.96. The molecule has 3 heteroatoms. The highest BCUT2D eigenvalue weighted by Gasteiger charge is 1.99. The fourth-order valence-electron chi connectivity index (χ4n) is 0.808. The van der Waals surface area contributed by atoms with E-state index in [9.17, 15) is 4.79 Å². The van der Waals surface area contributed by atoms with Gasteiger partial charge in [-0.2, -0.15) is 0 Å². The van der Waals surface area contributed by atoms with Crippen molar-refractivity contribution in [1.29, 1.82) is 0 Å². The van der Waals surface area contributed by atoms with Gasteiger partial charge in [0.2, 0.25) is 5.91 Å². The van der Waals surface area contributed by atoms with Crippen molar-refractivity contribution >= 4 is 17.5 Å². The molecule has 0 spiro atoms. The smallest absolute Gasteiger partial charge is 0.248 e. The van der Waals surface area contributed by atoms with Crippen LogP contribution in [0.4, 0.5) is 0 Å². The van der Waals surface area contributed by atoms with Gasteiger partial charge in [0, 0.05) is 11.4 Å². The molecule has 0 bridgehead atoms. The lowest BCUT2D eigenvalue weighted by atomic mass is 10.1. The van der Waals surface area contributed by atoms with E-state index in [2.05, 4.69) is 0 Å². The Bertz CT molecular complexity index is 273. The number of benzene rings is 1. The van der Waals surface area contributed by atoms with Gasteiger partial charge in [0.1, 0.15) is 0 Å². The summed E-state index contributed by atoms with van der Waals surface area (Å²) < 4.78 is 0. The van der Waals surface area contributed by atoms with Crippen LogP contribution in [0.3, 0.4) is 0 Å². The molecule has 0 saturated heterocycles. The van der Waals surface area contributed by atoms with Gasteiger partial charge in [0.25, 0.3) is 0 Å². The van der Waals surface area contributed by atoms with Gasteiger partial charge >= 0.3 is 0 Å². The quantitative estimate of drug-likeness (QED) is 0.671. The van der Waals surface area contributed by atoms with Crippen molar-refractivity contribution in [2.24, 2.45) is 5.73 Å². The van der Waals surface area contributed by atoms with Gasteiger partial charge in [-0.3, -0.25) is 4.79 Å². The summed E-state index contributed by atoms with van der Waals surface area (Å²) in [7, 11) is 0. The summed E-state index contributed by atoms with van der Waals surface area (Å²) in [6.45, 7) is 0. The molecule has 1 aromatic carbocycles. The van der Waals surface area contributed by atoms with E-state index in [0.717, 1.165) is 5.56 Å². The number of hydrogen-bond donors (Lipinski definition) is 1. The largest absolute Gasteiger partial charge is 0.366 e. The number of amides is 1. The van der Waals surface area contributed by atoms with Crippen molar-refractivity contribution in [3.8, 4) is 0 Å². The first-order valence-electron chi connectivity index (χ1n) is 3.18. The minimum absolute atomic E-state index is 0.404. The standard InChI is InChI=1S/C8H8ClNO/c9-5-6-2-1-3-7(4-6)8(10)11/h1-4H,5H2,(H2,10,11). The maximum atomic E-state index is 10.6. The SMILES string of the molecule is NC(=O)c1cccc(CCl)c1. The molecule has 0 heterocycles. The summed E-state index contributed by atoms with van der Waals surface area (Å²) in [5.74, 6) is -0.0156. The van der Waals surface area contributed by atoms with Crippen LogP contribution in [-0.4, -0.2) is 5.91 Å². The summed E-state index contributed by atoms with van der Waals surface area (Å²) >= 11 is 5.55. The molecule has 2 nitrogen and oxygen atoms in total. The van der Waals surface area contributed by atoms with Crippen molar-refractivity contribution in [2.45, 2.75) is 5.88 Å². The third-order valence-corrected chi connectivity index (χ3v) is 1.67. The summed E-state index contributed by atoms with van der Waals surface area (Å²) in [5, 5.41) is 0. The van der Waals surface area contributed by atoms with E-state index in [0.29, 0.717) is 11.4 Å². The Morgan fingerprint density at radius 3 is 2.82 bits per heavy atom. The first-order valence-corrected chi connectivity index (χ1v) is 3.72. The van der Waals surface area contributed by atoms with Crippen LogP contribution in [0.5, 0.6) is 0 Å². The van der Waals surface area contributed by atoms with Crippen molar-refractivity contribution in [2.75, 3.05) is 0 Å². The number of carbonyl (C=O) groups is 1. The van der Waals surface area contributed by atoms with E-state index >= 15 is 0 Å². The lowest BCUT2D eigenvalue weighted by Crippen LogP contribution is -2.10. The van der Waals surface area contributed by atoms with Gasteiger partial charge in [-0.15, -0.1) is 11.6 Å². The molecular weight excluding hydrogens is 162 g/mol. The fraction of sp³-hybridized carbons (Fsp3) is 0.125. The molecule has 0 aliphatic rings. The Balaban J connectivity index is 3.01. The Morgan fingerprint density at radius 2 is 2.27 bits per heavy atom. The van der Waals surface area contributed by atoms with Crippen LogP contribution in [0.2, 0.25) is 0 Å². The molecule has 1 aromatic rings. The summed E-state index contributed by atoms with van der Waals surface area (Å²) in [6.07, 6.45) is 0. The van der Waals surface area contributed by atoms with Gasteiger partial charge in [-0.05, 0) is 17.7 Å². The third-order valence-electron chi connectivity index (χ3n) is 1.37. The minimum atomic E-state index is -0.419. The fourth-order valence-corrected chi connectivity index (χ4v) is 0.974. The highest BCUT2D eigenvalue weighted by atomic mass is 35.5.